The Hall–Kier alpha value is -2.49. The molecule has 0 aromatic heterocycles. The molecule has 1 amide bonds. The summed E-state index contributed by atoms with van der Waals surface area (Å²) in [4.78, 5) is 12.2. The summed E-state index contributed by atoms with van der Waals surface area (Å²) in [5, 5.41) is 3.03. The Balaban J connectivity index is 1.92. The van der Waals surface area contributed by atoms with E-state index < -0.39 is 0 Å². The van der Waals surface area contributed by atoms with Gasteiger partial charge in [0.1, 0.15) is 11.5 Å². The zero-order valence-electron chi connectivity index (χ0n) is 14.8. The lowest BCUT2D eigenvalue weighted by Gasteiger charge is -2.17. The molecule has 1 N–H and O–H groups in total. The van der Waals surface area contributed by atoms with E-state index >= 15 is 0 Å². The van der Waals surface area contributed by atoms with Crippen molar-refractivity contribution in [1.82, 2.24) is 5.32 Å². The van der Waals surface area contributed by atoms with Crippen LogP contribution in [0.2, 0.25) is 0 Å². The second-order valence-electron chi connectivity index (χ2n) is 5.84. The van der Waals surface area contributed by atoms with Crippen LogP contribution in [0.1, 0.15) is 36.1 Å². The minimum absolute atomic E-state index is 0.0295. The minimum atomic E-state index is -0.0914. The maximum atomic E-state index is 12.2. The fourth-order valence-corrected chi connectivity index (χ4v) is 2.77. The number of hydrogen-bond acceptors (Lipinski definition) is 3. The summed E-state index contributed by atoms with van der Waals surface area (Å²) in [6.07, 6.45) is 1.15. The van der Waals surface area contributed by atoms with Crippen LogP contribution in [0.5, 0.6) is 11.5 Å². The van der Waals surface area contributed by atoms with Crippen molar-refractivity contribution in [1.29, 1.82) is 0 Å². The predicted octanol–water partition coefficient (Wildman–Crippen LogP) is 3.82. The molecule has 4 heteroatoms. The highest BCUT2D eigenvalue weighted by molar-refractivity contribution is 5.76. The third-order valence-corrected chi connectivity index (χ3v) is 4.08. The summed E-state index contributed by atoms with van der Waals surface area (Å²) in [5.74, 6) is 1.69. The number of methoxy groups -OCH3 is 2. The van der Waals surface area contributed by atoms with Crippen LogP contribution in [0.25, 0.3) is 0 Å². The fourth-order valence-electron chi connectivity index (χ4n) is 2.77. The van der Waals surface area contributed by atoms with Gasteiger partial charge in [0.2, 0.25) is 5.91 Å². The molecule has 4 nitrogen and oxygen atoms in total. The van der Waals surface area contributed by atoms with E-state index in [1.807, 2.05) is 50.2 Å². The SMILES string of the molecule is COc1ccc(CCC(=O)NC(C)c2ccccc2OC)cc1C. The Kier molecular flexibility index (Phi) is 6.24. The highest BCUT2D eigenvalue weighted by Crippen LogP contribution is 2.24. The number of carbonyl (C=O) groups is 1. The van der Waals surface area contributed by atoms with Gasteiger partial charge < -0.3 is 14.8 Å². The van der Waals surface area contributed by atoms with Crippen molar-refractivity contribution in [2.24, 2.45) is 0 Å². The van der Waals surface area contributed by atoms with Gasteiger partial charge in [-0.3, -0.25) is 4.79 Å². The normalized spacial score (nSPS) is 11.7. The Morgan fingerprint density at radius 2 is 1.79 bits per heavy atom. The van der Waals surface area contributed by atoms with Crippen molar-refractivity contribution in [3.63, 3.8) is 0 Å². The lowest BCUT2D eigenvalue weighted by Crippen LogP contribution is -2.27. The van der Waals surface area contributed by atoms with Gasteiger partial charge in [0, 0.05) is 12.0 Å². The molecular weight excluding hydrogens is 302 g/mol. The summed E-state index contributed by atoms with van der Waals surface area (Å²) in [5.41, 5.74) is 3.19. The predicted molar refractivity (Wildman–Crippen MR) is 95.6 cm³/mol. The van der Waals surface area contributed by atoms with Crippen molar-refractivity contribution in [2.75, 3.05) is 14.2 Å². The molecule has 24 heavy (non-hydrogen) atoms. The van der Waals surface area contributed by atoms with E-state index in [9.17, 15) is 4.79 Å². The number of rotatable bonds is 7. The molecule has 0 spiro atoms. The molecule has 128 valence electrons. The molecule has 0 saturated heterocycles. The third-order valence-electron chi connectivity index (χ3n) is 4.08. The monoisotopic (exact) mass is 327 g/mol. The number of carbonyl (C=O) groups excluding carboxylic acids is 1. The number of ether oxygens (including phenoxy) is 2. The summed E-state index contributed by atoms with van der Waals surface area (Å²) < 4.78 is 10.6. The maximum Gasteiger partial charge on any atom is 0.220 e. The van der Waals surface area contributed by atoms with Crippen LogP contribution in [0.15, 0.2) is 42.5 Å². The first kappa shape index (κ1) is 17.9. The van der Waals surface area contributed by atoms with Gasteiger partial charge >= 0.3 is 0 Å². The standard InChI is InChI=1S/C20H25NO3/c1-14-13-16(9-11-18(14)23-3)10-12-20(22)21-15(2)17-7-5-6-8-19(17)24-4/h5-9,11,13,15H,10,12H2,1-4H3,(H,21,22). The van der Waals surface area contributed by atoms with Crippen LogP contribution in [0.4, 0.5) is 0 Å². The summed E-state index contributed by atoms with van der Waals surface area (Å²) >= 11 is 0. The first-order chi connectivity index (χ1) is 11.5. The van der Waals surface area contributed by atoms with Gasteiger partial charge in [-0.2, -0.15) is 0 Å². The Morgan fingerprint density at radius 3 is 2.46 bits per heavy atom. The first-order valence-electron chi connectivity index (χ1n) is 8.11. The van der Waals surface area contributed by atoms with Crippen molar-refractivity contribution in [2.45, 2.75) is 32.7 Å². The van der Waals surface area contributed by atoms with Gasteiger partial charge in [0.15, 0.2) is 0 Å². The molecule has 0 heterocycles. The molecule has 0 aliphatic rings. The Bertz CT molecular complexity index is 697. The van der Waals surface area contributed by atoms with Crippen LogP contribution in [-0.4, -0.2) is 20.1 Å². The van der Waals surface area contributed by atoms with Crippen molar-refractivity contribution >= 4 is 5.91 Å². The number of nitrogens with one attached hydrogen (secondary N) is 1. The third kappa shape index (κ3) is 4.51. The van der Waals surface area contributed by atoms with Crippen LogP contribution in [0, 0.1) is 6.92 Å². The van der Waals surface area contributed by atoms with Gasteiger partial charge in [0.05, 0.1) is 20.3 Å². The van der Waals surface area contributed by atoms with Crippen molar-refractivity contribution in [3.05, 3.63) is 59.2 Å². The second kappa shape index (κ2) is 8.39. The molecular formula is C20H25NO3. The zero-order chi connectivity index (χ0) is 17.5. The Morgan fingerprint density at radius 1 is 1.08 bits per heavy atom. The van der Waals surface area contributed by atoms with Gasteiger partial charge in [-0.05, 0) is 43.5 Å². The molecule has 0 bridgehead atoms. The van der Waals surface area contributed by atoms with E-state index in [-0.39, 0.29) is 11.9 Å². The Labute approximate surface area is 143 Å². The quantitative estimate of drug-likeness (QED) is 0.841. The van der Waals surface area contributed by atoms with Crippen molar-refractivity contribution in [3.8, 4) is 11.5 Å². The summed E-state index contributed by atoms with van der Waals surface area (Å²) in [6.45, 7) is 3.97. The molecule has 0 aliphatic carbocycles. The van der Waals surface area contributed by atoms with E-state index in [4.69, 9.17) is 9.47 Å². The number of benzene rings is 2. The maximum absolute atomic E-state index is 12.2. The molecule has 0 aliphatic heterocycles. The second-order valence-corrected chi connectivity index (χ2v) is 5.84. The summed E-state index contributed by atoms with van der Waals surface area (Å²) in [6, 6.07) is 13.7. The first-order valence-corrected chi connectivity index (χ1v) is 8.11. The van der Waals surface area contributed by atoms with Crippen LogP contribution in [0.3, 0.4) is 0 Å². The topological polar surface area (TPSA) is 47.6 Å². The molecule has 0 radical (unpaired) electrons. The van der Waals surface area contributed by atoms with E-state index in [0.29, 0.717) is 12.8 Å². The number of para-hydroxylation sites is 1. The van der Waals surface area contributed by atoms with Gasteiger partial charge in [-0.1, -0.05) is 30.3 Å². The number of hydrogen-bond donors (Lipinski definition) is 1. The van der Waals surface area contributed by atoms with E-state index in [1.54, 1.807) is 14.2 Å². The molecule has 1 unspecified atom stereocenters. The molecule has 1 atom stereocenters. The highest BCUT2D eigenvalue weighted by atomic mass is 16.5. The molecule has 0 fully saturated rings. The largest absolute Gasteiger partial charge is 0.496 e. The van der Waals surface area contributed by atoms with Crippen LogP contribution < -0.4 is 14.8 Å². The highest BCUT2D eigenvalue weighted by Gasteiger charge is 2.13. The van der Waals surface area contributed by atoms with E-state index in [0.717, 1.165) is 28.2 Å². The lowest BCUT2D eigenvalue weighted by atomic mass is 10.0. The molecule has 0 saturated carbocycles. The minimum Gasteiger partial charge on any atom is -0.496 e. The van der Waals surface area contributed by atoms with Gasteiger partial charge in [-0.15, -0.1) is 0 Å². The van der Waals surface area contributed by atoms with Gasteiger partial charge in [-0.25, -0.2) is 0 Å². The summed E-state index contributed by atoms with van der Waals surface area (Å²) in [7, 11) is 3.30. The fraction of sp³-hybridized carbons (Fsp3) is 0.350. The van der Waals surface area contributed by atoms with Crippen molar-refractivity contribution < 1.29 is 14.3 Å². The average molecular weight is 327 g/mol. The zero-order valence-corrected chi connectivity index (χ0v) is 14.8. The average Bonchev–Trinajstić information content (AvgIpc) is 2.60. The van der Waals surface area contributed by atoms with E-state index in [2.05, 4.69) is 11.4 Å². The van der Waals surface area contributed by atoms with E-state index in [1.165, 1.54) is 0 Å². The molecule has 2 rings (SSSR count). The van der Waals surface area contributed by atoms with Crippen LogP contribution in [-0.2, 0) is 11.2 Å². The molecule has 2 aromatic rings. The molecule has 2 aromatic carbocycles. The smallest absolute Gasteiger partial charge is 0.220 e. The van der Waals surface area contributed by atoms with Gasteiger partial charge in [0.25, 0.3) is 0 Å². The lowest BCUT2D eigenvalue weighted by molar-refractivity contribution is -0.121. The van der Waals surface area contributed by atoms with Crippen LogP contribution >= 0.6 is 0 Å². The number of amides is 1. The number of aryl methyl sites for hydroxylation is 2.